The van der Waals surface area contributed by atoms with Gasteiger partial charge in [0.1, 0.15) is 5.82 Å². The third kappa shape index (κ3) is 3.69. The summed E-state index contributed by atoms with van der Waals surface area (Å²) in [4.78, 5) is 3.82. The summed E-state index contributed by atoms with van der Waals surface area (Å²) in [6, 6.07) is 1.94. The zero-order valence-electron chi connectivity index (χ0n) is 8.88. The number of rotatable bonds is 4. The monoisotopic (exact) mass is 233 g/mol. The van der Waals surface area contributed by atoms with Crippen LogP contribution in [0.3, 0.4) is 0 Å². The van der Waals surface area contributed by atoms with E-state index >= 15 is 0 Å². The highest BCUT2D eigenvalue weighted by molar-refractivity contribution is 5.39. The minimum atomic E-state index is -4.34. The third-order valence-corrected chi connectivity index (χ3v) is 2.08. The maximum atomic E-state index is 12.4. The summed E-state index contributed by atoms with van der Waals surface area (Å²) in [5, 5.41) is 2.86. The van der Waals surface area contributed by atoms with Crippen LogP contribution in [0.25, 0.3) is 0 Å². The van der Waals surface area contributed by atoms with Crippen LogP contribution in [0, 0.1) is 0 Å². The number of nitrogens with zero attached hydrogens (tertiary/aromatic N) is 1. The largest absolute Gasteiger partial charge is 0.416 e. The van der Waals surface area contributed by atoms with E-state index in [4.69, 9.17) is 5.73 Å². The molecule has 1 aromatic rings. The van der Waals surface area contributed by atoms with E-state index in [0.717, 1.165) is 18.3 Å². The first-order valence-corrected chi connectivity index (χ1v) is 4.93. The summed E-state index contributed by atoms with van der Waals surface area (Å²) in [5.41, 5.74) is 4.64. The van der Waals surface area contributed by atoms with E-state index in [0.29, 0.717) is 13.0 Å². The molecule has 0 aliphatic rings. The number of hydrogen-bond acceptors (Lipinski definition) is 3. The van der Waals surface area contributed by atoms with Crippen molar-refractivity contribution in [2.75, 3.05) is 11.9 Å². The lowest BCUT2D eigenvalue weighted by Crippen LogP contribution is -2.20. The van der Waals surface area contributed by atoms with Gasteiger partial charge < -0.3 is 11.1 Å². The maximum absolute atomic E-state index is 12.4. The molecule has 0 radical (unpaired) electrons. The third-order valence-electron chi connectivity index (χ3n) is 2.08. The van der Waals surface area contributed by atoms with Crippen LogP contribution < -0.4 is 11.1 Å². The smallest absolute Gasteiger partial charge is 0.368 e. The first kappa shape index (κ1) is 12.8. The van der Waals surface area contributed by atoms with Crippen LogP contribution in [0.2, 0.25) is 0 Å². The standard InChI is InChI=1S/C10H14F3N3/c1-7(2-4-14)16-9-6-8(3-5-15-9)10(11,12)13/h3,5-7H,2,4,14H2,1H3,(H,15,16). The predicted octanol–water partition coefficient (Wildman–Crippen LogP) is 2.25. The molecule has 3 N–H and O–H groups in total. The van der Waals surface area contributed by atoms with Crippen LogP contribution in [0.5, 0.6) is 0 Å². The Labute approximate surface area is 91.9 Å². The van der Waals surface area contributed by atoms with Gasteiger partial charge in [-0.25, -0.2) is 4.98 Å². The number of alkyl halides is 3. The van der Waals surface area contributed by atoms with Gasteiger partial charge in [0.2, 0.25) is 0 Å². The fourth-order valence-corrected chi connectivity index (χ4v) is 1.26. The van der Waals surface area contributed by atoms with E-state index in [1.165, 1.54) is 0 Å². The van der Waals surface area contributed by atoms with E-state index in [9.17, 15) is 13.2 Å². The molecule has 0 bridgehead atoms. The highest BCUT2D eigenvalue weighted by Gasteiger charge is 2.30. The van der Waals surface area contributed by atoms with Gasteiger partial charge in [-0.1, -0.05) is 0 Å². The Morgan fingerprint density at radius 1 is 1.50 bits per heavy atom. The zero-order chi connectivity index (χ0) is 12.2. The Bertz CT molecular complexity index is 338. The zero-order valence-corrected chi connectivity index (χ0v) is 8.88. The topological polar surface area (TPSA) is 50.9 Å². The molecule has 1 unspecified atom stereocenters. The van der Waals surface area contributed by atoms with Crippen molar-refractivity contribution in [3.05, 3.63) is 23.9 Å². The lowest BCUT2D eigenvalue weighted by Gasteiger charge is -2.14. The average Bonchev–Trinajstić information content (AvgIpc) is 2.17. The molecular formula is C10H14F3N3. The highest BCUT2D eigenvalue weighted by atomic mass is 19.4. The Hall–Kier alpha value is -1.30. The van der Waals surface area contributed by atoms with Crippen molar-refractivity contribution in [2.24, 2.45) is 5.73 Å². The molecule has 6 heteroatoms. The summed E-state index contributed by atoms with van der Waals surface area (Å²) >= 11 is 0. The van der Waals surface area contributed by atoms with Crippen LogP contribution >= 0.6 is 0 Å². The predicted molar refractivity (Wildman–Crippen MR) is 56.0 cm³/mol. The van der Waals surface area contributed by atoms with Crippen molar-refractivity contribution < 1.29 is 13.2 Å². The number of anilines is 1. The normalized spacial score (nSPS) is 13.6. The number of nitrogens with two attached hydrogens (primary N) is 1. The second-order valence-electron chi connectivity index (χ2n) is 3.55. The lowest BCUT2D eigenvalue weighted by molar-refractivity contribution is -0.137. The van der Waals surface area contributed by atoms with Crippen molar-refractivity contribution in [1.29, 1.82) is 0 Å². The second kappa shape index (κ2) is 5.16. The van der Waals surface area contributed by atoms with E-state index in [2.05, 4.69) is 10.3 Å². The van der Waals surface area contributed by atoms with Gasteiger partial charge in [-0.2, -0.15) is 13.2 Å². The number of hydrogen-bond donors (Lipinski definition) is 2. The Balaban J connectivity index is 2.75. The van der Waals surface area contributed by atoms with Crippen molar-refractivity contribution in [1.82, 2.24) is 4.98 Å². The fraction of sp³-hybridized carbons (Fsp3) is 0.500. The molecule has 1 atom stereocenters. The molecule has 0 aliphatic heterocycles. The molecule has 0 aromatic carbocycles. The van der Waals surface area contributed by atoms with Crippen LogP contribution in [0.15, 0.2) is 18.3 Å². The highest BCUT2D eigenvalue weighted by Crippen LogP contribution is 2.29. The summed E-state index contributed by atoms with van der Waals surface area (Å²) in [7, 11) is 0. The fourth-order valence-electron chi connectivity index (χ4n) is 1.26. The van der Waals surface area contributed by atoms with Gasteiger partial charge in [0, 0.05) is 12.2 Å². The second-order valence-corrected chi connectivity index (χ2v) is 3.55. The molecule has 0 amide bonds. The molecule has 0 saturated heterocycles. The van der Waals surface area contributed by atoms with Crippen LogP contribution in [0.1, 0.15) is 18.9 Å². The molecule has 3 nitrogen and oxygen atoms in total. The minimum Gasteiger partial charge on any atom is -0.368 e. The molecule has 1 aromatic heterocycles. The number of pyridine rings is 1. The van der Waals surface area contributed by atoms with Crippen LogP contribution in [0.4, 0.5) is 19.0 Å². The summed E-state index contributed by atoms with van der Waals surface area (Å²) in [6.07, 6.45) is -2.52. The summed E-state index contributed by atoms with van der Waals surface area (Å²) in [5.74, 6) is 0.218. The summed E-state index contributed by atoms with van der Waals surface area (Å²) in [6.45, 7) is 2.32. The molecule has 0 spiro atoms. The number of nitrogens with one attached hydrogen (secondary N) is 1. The minimum absolute atomic E-state index is 0.000911. The Kier molecular flexibility index (Phi) is 4.12. The molecule has 0 fully saturated rings. The summed E-state index contributed by atoms with van der Waals surface area (Å²) < 4.78 is 37.1. The molecule has 0 aliphatic carbocycles. The Morgan fingerprint density at radius 2 is 2.19 bits per heavy atom. The molecule has 1 heterocycles. The van der Waals surface area contributed by atoms with Gasteiger partial charge in [0.05, 0.1) is 5.56 Å². The quantitative estimate of drug-likeness (QED) is 0.838. The molecular weight excluding hydrogens is 219 g/mol. The first-order valence-electron chi connectivity index (χ1n) is 4.93. The van der Waals surface area contributed by atoms with E-state index < -0.39 is 11.7 Å². The maximum Gasteiger partial charge on any atom is 0.416 e. The lowest BCUT2D eigenvalue weighted by atomic mass is 10.2. The number of aromatic nitrogens is 1. The molecule has 1 rings (SSSR count). The van der Waals surface area contributed by atoms with Crippen LogP contribution in [-0.4, -0.2) is 17.6 Å². The van der Waals surface area contributed by atoms with Gasteiger partial charge >= 0.3 is 6.18 Å². The van der Waals surface area contributed by atoms with Gasteiger partial charge in [-0.3, -0.25) is 0 Å². The molecule has 16 heavy (non-hydrogen) atoms. The van der Waals surface area contributed by atoms with Gasteiger partial charge in [0.15, 0.2) is 0 Å². The van der Waals surface area contributed by atoms with E-state index in [-0.39, 0.29) is 11.9 Å². The van der Waals surface area contributed by atoms with Gasteiger partial charge in [-0.05, 0) is 32.0 Å². The van der Waals surface area contributed by atoms with Crippen LogP contribution in [-0.2, 0) is 6.18 Å². The van der Waals surface area contributed by atoms with Gasteiger partial charge in [-0.15, -0.1) is 0 Å². The van der Waals surface area contributed by atoms with Crippen molar-refractivity contribution in [2.45, 2.75) is 25.6 Å². The van der Waals surface area contributed by atoms with Crippen molar-refractivity contribution in [3.63, 3.8) is 0 Å². The molecule has 90 valence electrons. The molecule has 0 saturated carbocycles. The van der Waals surface area contributed by atoms with E-state index in [1.54, 1.807) is 0 Å². The average molecular weight is 233 g/mol. The first-order chi connectivity index (χ1) is 7.43. The number of halogens is 3. The van der Waals surface area contributed by atoms with Crippen molar-refractivity contribution >= 4 is 5.82 Å². The van der Waals surface area contributed by atoms with Gasteiger partial charge in [0.25, 0.3) is 0 Å². The SMILES string of the molecule is CC(CCN)Nc1cc(C(F)(F)F)ccn1. The Morgan fingerprint density at radius 3 is 2.75 bits per heavy atom. The van der Waals surface area contributed by atoms with Crippen molar-refractivity contribution in [3.8, 4) is 0 Å². The van der Waals surface area contributed by atoms with E-state index in [1.807, 2.05) is 6.92 Å².